The number of aromatic nitrogens is 4. The molecular weight excluding hydrogens is 338 g/mol. The van der Waals surface area contributed by atoms with Crippen molar-refractivity contribution in [3.8, 4) is 0 Å². The summed E-state index contributed by atoms with van der Waals surface area (Å²) in [7, 11) is 0. The highest BCUT2D eigenvalue weighted by molar-refractivity contribution is 6.30. The molecule has 0 spiro atoms. The molecule has 0 saturated carbocycles. The molecule has 0 aliphatic heterocycles. The molecule has 7 heteroatoms. The van der Waals surface area contributed by atoms with Crippen LogP contribution in [0.1, 0.15) is 22.6 Å². The van der Waals surface area contributed by atoms with Gasteiger partial charge in [0.05, 0.1) is 23.6 Å². The largest absolute Gasteiger partial charge is 0.321 e. The van der Waals surface area contributed by atoms with Crippen LogP contribution in [-0.4, -0.2) is 25.5 Å². The molecule has 25 heavy (non-hydrogen) atoms. The molecule has 3 aromatic rings. The van der Waals surface area contributed by atoms with Crippen LogP contribution >= 0.6 is 11.6 Å². The molecule has 0 unspecified atom stereocenters. The van der Waals surface area contributed by atoms with Crippen LogP contribution in [0.25, 0.3) is 0 Å². The average Bonchev–Trinajstić information content (AvgIpc) is 3.08. The second-order valence-corrected chi connectivity index (χ2v) is 6.44. The van der Waals surface area contributed by atoms with Gasteiger partial charge in [-0.1, -0.05) is 23.7 Å². The van der Waals surface area contributed by atoms with E-state index in [4.69, 9.17) is 11.6 Å². The summed E-state index contributed by atoms with van der Waals surface area (Å²) in [5, 5.41) is 12.3. The fourth-order valence-corrected chi connectivity index (χ4v) is 2.80. The lowest BCUT2D eigenvalue weighted by molar-refractivity contribution is -0.116. The molecule has 3 rings (SSSR count). The van der Waals surface area contributed by atoms with Crippen molar-refractivity contribution in [3.05, 3.63) is 64.2 Å². The number of nitrogens with zero attached hydrogens (tertiary/aromatic N) is 4. The van der Waals surface area contributed by atoms with Crippen molar-refractivity contribution in [2.24, 2.45) is 0 Å². The molecular formula is C18H20ClN5O. The molecule has 1 aromatic carbocycles. The molecule has 6 nitrogen and oxygen atoms in total. The Morgan fingerprint density at radius 3 is 2.48 bits per heavy atom. The van der Waals surface area contributed by atoms with Crippen LogP contribution in [0.2, 0.25) is 5.02 Å². The second kappa shape index (κ2) is 7.11. The van der Waals surface area contributed by atoms with E-state index in [1.54, 1.807) is 10.9 Å². The van der Waals surface area contributed by atoms with E-state index < -0.39 is 0 Å². The van der Waals surface area contributed by atoms with Gasteiger partial charge < -0.3 is 5.32 Å². The SMILES string of the molecule is Cc1nn(Cc2ccc(Cl)cc2)c(C)c1NC(=O)Cn1nccc1C. The van der Waals surface area contributed by atoms with Crippen LogP contribution in [0, 0.1) is 20.8 Å². The first-order chi connectivity index (χ1) is 11.9. The van der Waals surface area contributed by atoms with Crippen LogP contribution in [0.5, 0.6) is 0 Å². The third-order valence-electron chi connectivity index (χ3n) is 4.11. The van der Waals surface area contributed by atoms with Crippen molar-refractivity contribution in [1.29, 1.82) is 0 Å². The standard InChI is InChI=1S/C18H20ClN5O/c1-12-8-9-20-23(12)11-17(25)21-18-13(2)22-24(14(18)3)10-15-4-6-16(19)7-5-15/h4-9H,10-11H2,1-3H3,(H,21,25). The minimum Gasteiger partial charge on any atom is -0.321 e. The summed E-state index contributed by atoms with van der Waals surface area (Å²) in [6, 6.07) is 9.53. The molecule has 0 radical (unpaired) electrons. The predicted octanol–water partition coefficient (Wildman–Crippen LogP) is 3.35. The fourth-order valence-electron chi connectivity index (χ4n) is 2.67. The Hall–Kier alpha value is -2.60. The van der Waals surface area contributed by atoms with Gasteiger partial charge in [0.1, 0.15) is 6.54 Å². The lowest BCUT2D eigenvalue weighted by Gasteiger charge is -2.08. The normalized spacial score (nSPS) is 10.9. The lowest BCUT2D eigenvalue weighted by Crippen LogP contribution is -2.21. The Balaban J connectivity index is 1.74. The highest BCUT2D eigenvalue weighted by atomic mass is 35.5. The number of carbonyl (C=O) groups is 1. The van der Waals surface area contributed by atoms with Crippen molar-refractivity contribution < 1.29 is 4.79 Å². The van der Waals surface area contributed by atoms with Crippen LogP contribution < -0.4 is 5.32 Å². The molecule has 0 aliphatic carbocycles. The number of halogens is 1. The summed E-state index contributed by atoms with van der Waals surface area (Å²) >= 11 is 5.92. The topological polar surface area (TPSA) is 64.7 Å². The molecule has 0 atom stereocenters. The Labute approximate surface area is 151 Å². The molecule has 0 fully saturated rings. The zero-order valence-corrected chi connectivity index (χ0v) is 15.2. The maximum absolute atomic E-state index is 12.3. The highest BCUT2D eigenvalue weighted by Gasteiger charge is 2.15. The summed E-state index contributed by atoms with van der Waals surface area (Å²) in [5.41, 5.74) is 4.50. The van der Waals surface area contributed by atoms with Crippen molar-refractivity contribution in [1.82, 2.24) is 19.6 Å². The number of rotatable bonds is 5. The average molecular weight is 358 g/mol. The minimum absolute atomic E-state index is 0.121. The van der Waals surface area contributed by atoms with E-state index in [0.717, 1.165) is 28.3 Å². The summed E-state index contributed by atoms with van der Waals surface area (Å²) < 4.78 is 3.55. The molecule has 2 heterocycles. The van der Waals surface area contributed by atoms with Gasteiger partial charge in [-0.3, -0.25) is 14.2 Å². The number of hydrogen-bond donors (Lipinski definition) is 1. The van der Waals surface area contributed by atoms with Crippen LogP contribution in [0.15, 0.2) is 36.5 Å². The van der Waals surface area contributed by atoms with Gasteiger partial charge in [0.25, 0.3) is 0 Å². The molecule has 0 saturated heterocycles. The highest BCUT2D eigenvalue weighted by Crippen LogP contribution is 2.21. The Morgan fingerprint density at radius 1 is 1.12 bits per heavy atom. The van der Waals surface area contributed by atoms with E-state index in [2.05, 4.69) is 15.5 Å². The zero-order valence-electron chi connectivity index (χ0n) is 14.5. The van der Waals surface area contributed by atoms with E-state index in [1.165, 1.54) is 0 Å². The van der Waals surface area contributed by atoms with Gasteiger partial charge in [0, 0.05) is 16.9 Å². The first-order valence-electron chi connectivity index (χ1n) is 8.01. The Morgan fingerprint density at radius 2 is 1.84 bits per heavy atom. The van der Waals surface area contributed by atoms with E-state index in [1.807, 2.05) is 55.8 Å². The van der Waals surface area contributed by atoms with Gasteiger partial charge in [-0.15, -0.1) is 0 Å². The molecule has 1 amide bonds. The van der Waals surface area contributed by atoms with Gasteiger partial charge in [0.15, 0.2) is 0 Å². The summed E-state index contributed by atoms with van der Waals surface area (Å²) in [6.45, 7) is 6.56. The van der Waals surface area contributed by atoms with Crippen molar-refractivity contribution in [2.75, 3.05) is 5.32 Å². The third-order valence-corrected chi connectivity index (χ3v) is 4.37. The van der Waals surface area contributed by atoms with Crippen molar-refractivity contribution in [2.45, 2.75) is 33.9 Å². The first kappa shape index (κ1) is 17.2. The number of benzene rings is 1. The van der Waals surface area contributed by atoms with Crippen LogP contribution in [0.4, 0.5) is 5.69 Å². The maximum Gasteiger partial charge on any atom is 0.246 e. The molecule has 1 N–H and O–H groups in total. The van der Waals surface area contributed by atoms with Gasteiger partial charge in [0.2, 0.25) is 5.91 Å². The van der Waals surface area contributed by atoms with Gasteiger partial charge in [-0.2, -0.15) is 10.2 Å². The number of carbonyl (C=O) groups excluding carboxylic acids is 1. The third kappa shape index (κ3) is 3.91. The number of aryl methyl sites for hydroxylation is 2. The van der Waals surface area contributed by atoms with Crippen LogP contribution in [0.3, 0.4) is 0 Å². The van der Waals surface area contributed by atoms with Gasteiger partial charge >= 0.3 is 0 Å². The quantitative estimate of drug-likeness (QED) is 0.761. The van der Waals surface area contributed by atoms with Crippen molar-refractivity contribution in [3.63, 3.8) is 0 Å². The number of hydrogen-bond acceptors (Lipinski definition) is 3. The number of amides is 1. The van der Waals surface area contributed by atoms with E-state index >= 15 is 0 Å². The fraction of sp³-hybridized carbons (Fsp3) is 0.278. The number of anilines is 1. The minimum atomic E-state index is -0.121. The molecule has 2 aromatic heterocycles. The Bertz CT molecular complexity index is 895. The van der Waals surface area contributed by atoms with E-state index in [-0.39, 0.29) is 12.5 Å². The van der Waals surface area contributed by atoms with Crippen molar-refractivity contribution >= 4 is 23.2 Å². The smallest absolute Gasteiger partial charge is 0.246 e. The van der Waals surface area contributed by atoms with Crippen LogP contribution in [-0.2, 0) is 17.9 Å². The zero-order chi connectivity index (χ0) is 18.0. The monoisotopic (exact) mass is 357 g/mol. The number of nitrogens with one attached hydrogen (secondary N) is 1. The second-order valence-electron chi connectivity index (χ2n) is 6.01. The van der Waals surface area contributed by atoms with E-state index in [0.29, 0.717) is 11.6 Å². The summed E-state index contributed by atoms with van der Waals surface area (Å²) in [5.74, 6) is -0.121. The van der Waals surface area contributed by atoms with Gasteiger partial charge in [-0.05, 0) is 44.5 Å². The molecule has 0 bridgehead atoms. The van der Waals surface area contributed by atoms with Gasteiger partial charge in [-0.25, -0.2) is 0 Å². The Kier molecular flexibility index (Phi) is 4.90. The first-order valence-corrected chi connectivity index (χ1v) is 8.38. The molecule has 130 valence electrons. The summed E-state index contributed by atoms with van der Waals surface area (Å²) in [6.07, 6.45) is 1.68. The predicted molar refractivity (Wildman–Crippen MR) is 97.8 cm³/mol. The molecule has 0 aliphatic rings. The maximum atomic E-state index is 12.3. The summed E-state index contributed by atoms with van der Waals surface area (Å²) in [4.78, 5) is 12.3. The lowest BCUT2D eigenvalue weighted by atomic mass is 10.2. The van der Waals surface area contributed by atoms with E-state index in [9.17, 15) is 4.79 Å².